The molecule has 0 amide bonds. The van der Waals surface area contributed by atoms with Gasteiger partial charge in [0, 0.05) is 50.7 Å². The summed E-state index contributed by atoms with van der Waals surface area (Å²) in [5, 5.41) is 23.3. The van der Waals surface area contributed by atoms with Gasteiger partial charge in [-0.2, -0.15) is 0 Å². The van der Waals surface area contributed by atoms with Crippen LogP contribution in [-0.4, -0.2) is 36.3 Å². The van der Waals surface area contributed by atoms with Crippen molar-refractivity contribution in [3.63, 3.8) is 0 Å². The average molecular weight is 696 g/mol. The van der Waals surface area contributed by atoms with Crippen LogP contribution in [0.1, 0.15) is 33.8 Å². The fraction of sp³-hybridized carbons (Fsp3) is 0.140. The molecule has 5 aromatic carbocycles. The van der Waals surface area contributed by atoms with Gasteiger partial charge in [-0.3, -0.25) is 14.6 Å². The van der Waals surface area contributed by atoms with Gasteiger partial charge < -0.3 is 19.3 Å². The minimum Gasteiger partial charge on any atom is -0.480 e. The number of rotatable bonds is 8. The van der Waals surface area contributed by atoms with Crippen molar-refractivity contribution in [2.75, 3.05) is 0 Å². The zero-order valence-electron chi connectivity index (χ0n) is 28.6. The molecule has 7 nitrogen and oxygen atoms in total. The Labute approximate surface area is 298 Å². The minimum absolute atomic E-state index is 0.133. The van der Waals surface area contributed by atoms with Crippen molar-refractivity contribution < 1.29 is 28.6 Å². The Kier molecular flexibility index (Phi) is 9.26. The Morgan fingerprint density at radius 1 is 0.596 bits per heavy atom. The van der Waals surface area contributed by atoms with Crippen LogP contribution in [-0.2, 0) is 35.5 Å². The van der Waals surface area contributed by atoms with Crippen LogP contribution in [0, 0.1) is 25.5 Å². The molecule has 260 valence electrons. The summed E-state index contributed by atoms with van der Waals surface area (Å²) in [4.78, 5) is 27.2. The highest BCUT2D eigenvalue weighted by atomic mass is 19.1. The molecule has 52 heavy (non-hydrogen) atoms. The maximum atomic E-state index is 13.8. The number of pyridine rings is 1. The molecule has 3 heterocycles. The fourth-order valence-corrected chi connectivity index (χ4v) is 7.11. The quantitative estimate of drug-likeness (QED) is 0.165. The molecule has 0 aliphatic heterocycles. The highest BCUT2D eigenvalue weighted by molar-refractivity contribution is 5.89. The van der Waals surface area contributed by atoms with Crippen molar-refractivity contribution in [1.82, 2.24) is 14.1 Å². The molecular weight excluding hydrogens is 660 g/mol. The Morgan fingerprint density at radius 2 is 1.12 bits per heavy atom. The number of aromatic nitrogens is 3. The predicted molar refractivity (Wildman–Crippen MR) is 200 cm³/mol. The van der Waals surface area contributed by atoms with E-state index in [2.05, 4.69) is 30.3 Å². The normalized spacial score (nSPS) is 11.3. The van der Waals surface area contributed by atoms with Gasteiger partial charge in [-0.05, 0) is 96.3 Å². The van der Waals surface area contributed by atoms with Crippen LogP contribution in [0.5, 0.6) is 0 Å². The number of carboxylic acid groups (broad SMARTS) is 2. The molecule has 2 N–H and O–H groups in total. The summed E-state index contributed by atoms with van der Waals surface area (Å²) in [5.41, 5.74) is 7.92. The van der Waals surface area contributed by atoms with Crippen LogP contribution in [0.4, 0.5) is 8.78 Å². The summed E-state index contributed by atoms with van der Waals surface area (Å²) in [6.45, 7) is 3.49. The Hall–Kier alpha value is -6.35. The standard InChI is InChI=1S/C22H18FNO2.C21H17FN2O2/c1-14-19(11-15-6-7-16-4-2-3-5-17(16)10-15)20-12-18(23)8-9-21(20)24(14)13-22(25)26;1-13-17(11-16-8-6-14-4-2-3-5-19(14)23-16)18-10-15(22)7-9-20(18)24(13)12-21(25)26/h2-10,12H,11,13H2,1H3,(H,25,26);2-10H,11-12H2,1H3,(H,25,26). The maximum absolute atomic E-state index is 13.8. The molecule has 0 atom stereocenters. The Balaban J connectivity index is 0.000000162. The molecule has 9 heteroatoms. The topological polar surface area (TPSA) is 97.4 Å². The van der Waals surface area contributed by atoms with E-state index in [0.717, 1.165) is 71.9 Å². The number of fused-ring (bicyclic) bond motifs is 4. The van der Waals surface area contributed by atoms with Gasteiger partial charge in [0.05, 0.1) is 5.52 Å². The lowest BCUT2D eigenvalue weighted by atomic mass is 9.99. The van der Waals surface area contributed by atoms with Crippen LogP contribution in [0.15, 0.2) is 115 Å². The summed E-state index contributed by atoms with van der Waals surface area (Å²) in [6.07, 6.45) is 1.15. The van der Waals surface area contributed by atoms with Gasteiger partial charge >= 0.3 is 11.9 Å². The average Bonchev–Trinajstić information content (AvgIpc) is 3.51. The summed E-state index contributed by atoms with van der Waals surface area (Å²) < 4.78 is 31.1. The van der Waals surface area contributed by atoms with Crippen molar-refractivity contribution >= 4 is 55.4 Å². The number of halogens is 2. The highest BCUT2D eigenvalue weighted by Crippen LogP contribution is 2.31. The minimum atomic E-state index is -0.926. The van der Waals surface area contributed by atoms with Gasteiger partial charge in [-0.1, -0.05) is 66.7 Å². The van der Waals surface area contributed by atoms with Crippen molar-refractivity contribution in [2.24, 2.45) is 0 Å². The lowest BCUT2D eigenvalue weighted by molar-refractivity contribution is -0.138. The third-order valence-electron chi connectivity index (χ3n) is 9.63. The molecule has 0 saturated heterocycles. The Morgan fingerprint density at radius 3 is 1.71 bits per heavy atom. The van der Waals surface area contributed by atoms with E-state index in [1.165, 1.54) is 29.7 Å². The molecule has 0 saturated carbocycles. The molecule has 0 radical (unpaired) electrons. The SMILES string of the molecule is Cc1c(Cc2ccc3ccccc3c2)c2cc(F)ccc2n1CC(=O)O.Cc1c(Cc2ccc3ccccc3n2)c2cc(F)ccc2n1CC(=O)O. The second-order valence-electron chi connectivity index (χ2n) is 12.9. The third kappa shape index (κ3) is 6.85. The summed E-state index contributed by atoms with van der Waals surface area (Å²) in [7, 11) is 0. The number of nitrogens with zero attached hydrogens (tertiary/aromatic N) is 3. The number of benzene rings is 5. The van der Waals surface area contributed by atoms with Crippen molar-refractivity contribution in [2.45, 2.75) is 39.8 Å². The second kappa shape index (κ2) is 14.1. The van der Waals surface area contributed by atoms with E-state index >= 15 is 0 Å². The lowest BCUT2D eigenvalue weighted by Crippen LogP contribution is -2.10. The van der Waals surface area contributed by atoms with Crippen LogP contribution in [0.3, 0.4) is 0 Å². The smallest absolute Gasteiger partial charge is 0.323 e. The molecule has 0 spiro atoms. The van der Waals surface area contributed by atoms with Gasteiger partial charge in [0.15, 0.2) is 0 Å². The molecule has 8 rings (SSSR count). The molecule has 0 bridgehead atoms. The number of para-hydroxylation sites is 1. The van der Waals surface area contributed by atoms with E-state index in [9.17, 15) is 28.6 Å². The van der Waals surface area contributed by atoms with E-state index in [1.54, 1.807) is 21.3 Å². The molecule has 8 aromatic rings. The summed E-state index contributed by atoms with van der Waals surface area (Å²) >= 11 is 0. The number of carbonyl (C=O) groups is 2. The molecule has 0 fully saturated rings. The van der Waals surface area contributed by atoms with Crippen molar-refractivity contribution in [3.05, 3.63) is 161 Å². The fourth-order valence-electron chi connectivity index (χ4n) is 7.11. The number of aliphatic carboxylic acids is 2. The zero-order valence-corrected chi connectivity index (χ0v) is 28.6. The molecule has 0 unspecified atom stereocenters. The number of carboxylic acids is 2. The van der Waals surface area contributed by atoms with Gasteiger partial charge in [-0.15, -0.1) is 0 Å². The first-order valence-corrected chi connectivity index (χ1v) is 16.9. The van der Waals surface area contributed by atoms with Gasteiger partial charge in [0.2, 0.25) is 0 Å². The van der Waals surface area contributed by atoms with Gasteiger partial charge in [0.25, 0.3) is 0 Å². The predicted octanol–water partition coefficient (Wildman–Crippen LogP) is 9.23. The van der Waals surface area contributed by atoms with Crippen molar-refractivity contribution in [3.8, 4) is 0 Å². The van der Waals surface area contributed by atoms with E-state index in [0.29, 0.717) is 12.8 Å². The maximum Gasteiger partial charge on any atom is 0.323 e. The van der Waals surface area contributed by atoms with E-state index in [-0.39, 0.29) is 24.7 Å². The molecule has 0 aliphatic rings. The second-order valence-corrected chi connectivity index (χ2v) is 12.9. The molecule has 0 aliphatic carbocycles. The first kappa shape index (κ1) is 34.1. The van der Waals surface area contributed by atoms with Crippen LogP contribution in [0.2, 0.25) is 0 Å². The van der Waals surface area contributed by atoms with Crippen molar-refractivity contribution in [1.29, 1.82) is 0 Å². The Bertz CT molecular complexity index is 2470. The van der Waals surface area contributed by atoms with Crippen LogP contribution in [0.25, 0.3) is 43.5 Å². The van der Waals surface area contributed by atoms with Gasteiger partial charge in [-0.25, -0.2) is 8.78 Å². The zero-order chi connectivity index (χ0) is 36.5. The number of hydrogen-bond acceptors (Lipinski definition) is 3. The van der Waals surface area contributed by atoms with E-state index in [1.807, 2.05) is 62.4 Å². The monoisotopic (exact) mass is 695 g/mol. The van der Waals surface area contributed by atoms with E-state index < -0.39 is 11.9 Å². The summed E-state index contributed by atoms with van der Waals surface area (Å²) in [5.74, 6) is -2.49. The summed E-state index contributed by atoms with van der Waals surface area (Å²) in [6, 6.07) is 35.3. The van der Waals surface area contributed by atoms with E-state index in [4.69, 9.17) is 4.98 Å². The first-order valence-electron chi connectivity index (χ1n) is 16.9. The van der Waals surface area contributed by atoms with Crippen LogP contribution >= 0.6 is 0 Å². The van der Waals surface area contributed by atoms with Crippen LogP contribution < -0.4 is 0 Å². The molecular formula is C43H35F2N3O4. The molecule has 3 aromatic heterocycles. The number of hydrogen-bond donors (Lipinski definition) is 2. The highest BCUT2D eigenvalue weighted by Gasteiger charge is 2.19. The largest absolute Gasteiger partial charge is 0.480 e. The first-order chi connectivity index (χ1) is 25.0. The van der Waals surface area contributed by atoms with Gasteiger partial charge in [0.1, 0.15) is 24.7 Å². The lowest BCUT2D eigenvalue weighted by Gasteiger charge is -2.07. The third-order valence-corrected chi connectivity index (χ3v) is 9.63.